The van der Waals surface area contributed by atoms with E-state index in [0.29, 0.717) is 23.4 Å². The second-order valence-corrected chi connectivity index (χ2v) is 6.10. The molecule has 3 rings (SSSR count). The molecule has 22 heavy (non-hydrogen) atoms. The van der Waals surface area contributed by atoms with E-state index in [4.69, 9.17) is 0 Å². The Labute approximate surface area is 133 Å². The van der Waals surface area contributed by atoms with Gasteiger partial charge in [0.05, 0.1) is 11.4 Å². The van der Waals surface area contributed by atoms with Crippen molar-refractivity contribution >= 4 is 17.7 Å². The first kappa shape index (κ1) is 14.8. The van der Waals surface area contributed by atoms with Gasteiger partial charge in [-0.25, -0.2) is 9.67 Å². The summed E-state index contributed by atoms with van der Waals surface area (Å²) >= 11 is 1.36. The molecular formula is C16H18N4OS. The zero-order chi connectivity index (χ0) is 15.4. The predicted octanol–water partition coefficient (Wildman–Crippen LogP) is 2.54. The fourth-order valence-corrected chi connectivity index (χ4v) is 2.76. The maximum Gasteiger partial charge on any atom is 0.230 e. The van der Waals surface area contributed by atoms with Gasteiger partial charge in [0, 0.05) is 12.5 Å². The average molecular weight is 314 g/mol. The number of carbonyl (C=O) groups is 1. The van der Waals surface area contributed by atoms with Crippen LogP contribution in [0.1, 0.15) is 24.6 Å². The molecule has 0 radical (unpaired) electrons. The number of amides is 1. The second-order valence-electron chi connectivity index (χ2n) is 5.16. The Balaban J connectivity index is 1.73. The van der Waals surface area contributed by atoms with Gasteiger partial charge in [0.15, 0.2) is 0 Å². The minimum absolute atomic E-state index is 0.0334. The Morgan fingerprint density at radius 1 is 1.41 bits per heavy atom. The van der Waals surface area contributed by atoms with Crippen molar-refractivity contribution in [1.82, 2.24) is 20.1 Å². The number of hydrogen-bond donors (Lipinski definition) is 1. The van der Waals surface area contributed by atoms with Crippen LogP contribution in [0.25, 0.3) is 5.69 Å². The number of para-hydroxylation sites is 1. The first-order valence-corrected chi connectivity index (χ1v) is 8.29. The molecule has 0 atom stereocenters. The van der Waals surface area contributed by atoms with Crippen molar-refractivity contribution in [3.8, 4) is 5.69 Å². The number of nitrogens with one attached hydrogen (secondary N) is 1. The van der Waals surface area contributed by atoms with E-state index in [1.165, 1.54) is 11.8 Å². The highest BCUT2D eigenvalue weighted by atomic mass is 32.2. The van der Waals surface area contributed by atoms with Gasteiger partial charge in [0.25, 0.3) is 0 Å². The van der Waals surface area contributed by atoms with E-state index in [1.807, 2.05) is 35.0 Å². The summed E-state index contributed by atoms with van der Waals surface area (Å²) in [4.78, 5) is 16.3. The molecular weight excluding hydrogens is 296 g/mol. The van der Waals surface area contributed by atoms with Crippen molar-refractivity contribution in [3.63, 3.8) is 0 Å². The lowest BCUT2D eigenvalue weighted by Gasteiger charge is -2.03. The third-order valence-corrected chi connectivity index (χ3v) is 4.17. The number of aromatic nitrogens is 3. The molecule has 6 heteroatoms. The first-order chi connectivity index (χ1) is 10.8. The van der Waals surface area contributed by atoms with Crippen molar-refractivity contribution in [2.24, 2.45) is 0 Å². The van der Waals surface area contributed by atoms with Gasteiger partial charge < -0.3 is 5.32 Å². The SMILES string of the molecule is C=CCNC(=O)CSc1nc(C2CC2)n(-c2ccccc2)n1. The van der Waals surface area contributed by atoms with Crippen LogP contribution in [0.4, 0.5) is 0 Å². The zero-order valence-corrected chi connectivity index (χ0v) is 13.1. The summed E-state index contributed by atoms with van der Waals surface area (Å²) in [7, 11) is 0. The zero-order valence-electron chi connectivity index (χ0n) is 12.2. The van der Waals surface area contributed by atoms with Crippen molar-refractivity contribution < 1.29 is 4.79 Å². The maximum atomic E-state index is 11.6. The third-order valence-electron chi connectivity index (χ3n) is 3.33. The topological polar surface area (TPSA) is 59.8 Å². The summed E-state index contributed by atoms with van der Waals surface area (Å²) in [6.07, 6.45) is 3.99. The molecule has 1 heterocycles. The molecule has 0 unspecified atom stereocenters. The van der Waals surface area contributed by atoms with Gasteiger partial charge >= 0.3 is 0 Å². The molecule has 0 saturated heterocycles. The molecule has 1 N–H and O–H groups in total. The van der Waals surface area contributed by atoms with Crippen molar-refractivity contribution in [2.75, 3.05) is 12.3 Å². The molecule has 114 valence electrons. The summed E-state index contributed by atoms with van der Waals surface area (Å²) in [5, 5.41) is 7.97. The van der Waals surface area contributed by atoms with Crippen molar-refractivity contribution in [1.29, 1.82) is 0 Å². The van der Waals surface area contributed by atoms with Crippen LogP contribution in [0, 0.1) is 0 Å². The molecule has 1 aromatic carbocycles. The van der Waals surface area contributed by atoms with Gasteiger partial charge in [0.2, 0.25) is 11.1 Å². The molecule has 1 saturated carbocycles. The van der Waals surface area contributed by atoms with Crippen LogP contribution in [-0.4, -0.2) is 33.0 Å². The van der Waals surface area contributed by atoms with Crippen LogP contribution >= 0.6 is 11.8 Å². The fourth-order valence-electron chi connectivity index (χ4n) is 2.10. The van der Waals surface area contributed by atoms with E-state index in [2.05, 4.69) is 22.0 Å². The quantitative estimate of drug-likeness (QED) is 0.630. The van der Waals surface area contributed by atoms with E-state index in [1.54, 1.807) is 6.08 Å². The minimum atomic E-state index is -0.0334. The molecule has 5 nitrogen and oxygen atoms in total. The number of carbonyl (C=O) groups excluding carboxylic acids is 1. The summed E-state index contributed by atoms with van der Waals surface area (Å²) in [5.41, 5.74) is 1.01. The normalized spacial score (nSPS) is 13.8. The average Bonchev–Trinajstić information content (AvgIpc) is 3.31. The van der Waals surface area contributed by atoms with Crippen molar-refractivity contribution in [3.05, 3.63) is 48.8 Å². The van der Waals surface area contributed by atoms with Gasteiger partial charge in [-0.15, -0.1) is 11.7 Å². The molecule has 1 amide bonds. The summed E-state index contributed by atoms with van der Waals surface area (Å²) in [6, 6.07) is 10.0. The van der Waals surface area contributed by atoms with E-state index < -0.39 is 0 Å². The van der Waals surface area contributed by atoms with E-state index in [9.17, 15) is 4.79 Å². The van der Waals surface area contributed by atoms with Crippen LogP contribution in [0.3, 0.4) is 0 Å². The Hall–Kier alpha value is -2.08. The highest BCUT2D eigenvalue weighted by Gasteiger charge is 2.30. The minimum Gasteiger partial charge on any atom is -0.352 e. The van der Waals surface area contributed by atoms with Gasteiger partial charge in [-0.2, -0.15) is 0 Å². The Morgan fingerprint density at radius 3 is 2.86 bits per heavy atom. The molecule has 1 aromatic heterocycles. The van der Waals surface area contributed by atoms with Crippen LogP contribution < -0.4 is 5.32 Å². The van der Waals surface area contributed by atoms with Crippen LogP contribution in [-0.2, 0) is 4.79 Å². The van der Waals surface area contributed by atoms with Gasteiger partial charge in [-0.05, 0) is 25.0 Å². The molecule has 0 bridgehead atoms. The second kappa shape index (κ2) is 6.79. The van der Waals surface area contributed by atoms with E-state index >= 15 is 0 Å². The standard InChI is InChI=1S/C16H18N4OS/c1-2-10-17-14(21)11-22-16-18-15(12-8-9-12)20(19-16)13-6-4-3-5-7-13/h2-7,12H,1,8-11H2,(H,17,21). The lowest BCUT2D eigenvalue weighted by atomic mass is 10.3. The largest absolute Gasteiger partial charge is 0.352 e. The van der Waals surface area contributed by atoms with Crippen LogP contribution in [0.5, 0.6) is 0 Å². The Morgan fingerprint density at radius 2 is 2.18 bits per heavy atom. The molecule has 1 aliphatic rings. The van der Waals surface area contributed by atoms with Crippen LogP contribution in [0.15, 0.2) is 48.1 Å². The number of hydrogen-bond acceptors (Lipinski definition) is 4. The van der Waals surface area contributed by atoms with E-state index in [-0.39, 0.29) is 5.91 Å². The first-order valence-electron chi connectivity index (χ1n) is 7.30. The lowest BCUT2D eigenvalue weighted by Crippen LogP contribution is -2.24. The van der Waals surface area contributed by atoms with E-state index in [0.717, 1.165) is 24.4 Å². The smallest absolute Gasteiger partial charge is 0.230 e. The summed E-state index contributed by atoms with van der Waals surface area (Å²) < 4.78 is 1.90. The highest BCUT2D eigenvalue weighted by Crippen LogP contribution is 2.40. The monoisotopic (exact) mass is 314 g/mol. The Kier molecular flexibility index (Phi) is 4.58. The number of nitrogens with zero attached hydrogens (tertiary/aromatic N) is 3. The number of rotatable bonds is 7. The predicted molar refractivity (Wildman–Crippen MR) is 87.3 cm³/mol. The van der Waals surface area contributed by atoms with Crippen LogP contribution in [0.2, 0.25) is 0 Å². The molecule has 2 aromatic rings. The molecule has 0 aliphatic heterocycles. The maximum absolute atomic E-state index is 11.6. The van der Waals surface area contributed by atoms with Crippen molar-refractivity contribution in [2.45, 2.75) is 23.9 Å². The molecule has 1 fully saturated rings. The van der Waals surface area contributed by atoms with Gasteiger partial charge in [-0.1, -0.05) is 36.0 Å². The lowest BCUT2D eigenvalue weighted by molar-refractivity contribution is -0.118. The van der Waals surface area contributed by atoms with Gasteiger partial charge in [-0.3, -0.25) is 4.79 Å². The van der Waals surface area contributed by atoms with Gasteiger partial charge in [0.1, 0.15) is 5.82 Å². The highest BCUT2D eigenvalue weighted by molar-refractivity contribution is 7.99. The summed E-state index contributed by atoms with van der Waals surface area (Å²) in [5.74, 6) is 1.78. The summed E-state index contributed by atoms with van der Waals surface area (Å²) in [6.45, 7) is 4.06. The Bertz CT molecular complexity index is 664. The number of benzene rings is 1. The fraction of sp³-hybridized carbons (Fsp3) is 0.312. The third kappa shape index (κ3) is 3.57. The number of thioether (sulfide) groups is 1. The molecule has 0 spiro atoms. The molecule has 1 aliphatic carbocycles.